The van der Waals surface area contributed by atoms with Gasteiger partial charge in [0.25, 0.3) is 0 Å². The Balaban J connectivity index is 1.33. The number of carbonyl (C=O) groups excluding carboxylic acids is 1. The zero-order valence-corrected chi connectivity index (χ0v) is 15.3. The van der Waals surface area contributed by atoms with Crippen LogP contribution in [-0.4, -0.2) is 38.2 Å². The topological polar surface area (TPSA) is 84.7 Å². The van der Waals surface area contributed by atoms with Gasteiger partial charge in [0.15, 0.2) is 5.82 Å². The fraction of sp³-hybridized carbons (Fsp3) is 0.300. The van der Waals surface area contributed by atoms with Gasteiger partial charge in [0, 0.05) is 42.7 Å². The maximum Gasteiger partial charge on any atom is 0.239 e. The molecule has 2 aromatic heterocycles. The van der Waals surface area contributed by atoms with Crippen LogP contribution in [0.1, 0.15) is 18.7 Å². The Morgan fingerprint density at radius 3 is 2.68 bits per heavy atom. The number of carbonyl (C=O) groups is 1. The summed E-state index contributed by atoms with van der Waals surface area (Å²) in [6, 6.07) is 9.87. The van der Waals surface area contributed by atoms with E-state index in [2.05, 4.69) is 30.4 Å². The average Bonchev–Trinajstić information content (AvgIpc) is 3.03. The van der Waals surface area contributed by atoms with Gasteiger partial charge < -0.3 is 15.2 Å². The van der Waals surface area contributed by atoms with E-state index in [9.17, 15) is 9.18 Å². The first-order chi connectivity index (χ1) is 13.7. The smallest absolute Gasteiger partial charge is 0.239 e. The maximum atomic E-state index is 12.9. The van der Waals surface area contributed by atoms with E-state index in [0.717, 1.165) is 43.0 Å². The molecule has 1 unspecified atom stereocenters. The second-order valence-corrected chi connectivity index (χ2v) is 6.78. The van der Waals surface area contributed by atoms with Gasteiger partial charge in [-0.15, -0.1) is 10.2 Å². The summed E-state index contributed by atoms with van der Waals surface area (Å²) < 4.78 is 15.1. The maximum absolute atomic E-state index is 12.9. The molecule has 28 heavy (non-hydrogen) atoms. The number of nitrogens with one attached hydrogen (secondary N) is 2. The highest BCUT2D eigenvalue weighted by atomic mass is 19.1. The van der Waals surface area contributed by atoms with Crippen molar-refractivity contribution in [2.24, 2.45) is 0 Å². The van der Waals surface area contributed by atoms with Gasteiger partial charge in [-0.05, 0) is 49.2 Å². The molecular formula is C20H21FN6O. The van der Waals surface area contributed by atoms with Crippen LogP contribution >= 0.6 is 0 Å². The predicted molar refractivity (Wildman–Crippen MR) is 103 cm³/mol. The average molecular weight is 380 g/mol. The third-order valence-corrected chi connectivity index (χ3v) is 4.85. The van der Waals surface area contributed by atoms with Crippen LogP contribution in [0.4, 0.5) is 10.1 Å². The largest absolute Gasteiger partial charge is 0.376 e. The van der Waals surface area contributed by atoms with Crippen molar-refractivity contribution in [2.75, 3.05) is 11.9 Å². The monoisotopic (exact) mass is 380 g/mol. The second-order valence-electron chi connectivity index (χ2n) is 6.78. The lowest BCUT2D eigenvalue weighted by Crippen LogP contribution is -2.38. The molecule has 144 valence electrons. The number of benzene rings is 1. The molecule has 0 spiro atoms. The van der Waals surface area contributed by atoms with Crippen molar-refractivity contribution in [3.05, 3.63) is 60.4 Å². The molecule has 1 aromatic carbocycles. The van der Waals surface area contributed by atoms with E-state index >= 15 is 0 Å². The molecule has 1 atom stereocenters. The minimum atomic E-state index is -0.299. The molecule has 0 saturated heterocycles. The van der Waals surface area contributed by atoms with Crippen LogP contribution in [0.25, 0.3) is 11.4 Å². The fourth-order valence-corrected chi connectivity index (χ4v) is 3.38. The van der Waals surface area contributed by atoms with E-state index in [-0.39, 0.29) is 24.3 Å². The molecule has 3 aromatic rings. The lowest BCUT2D eigenvalue weighted by molar-refractivity contribution is -0.120. The molecule has 1 aliphatic rings. The molecule has 7 nitrogen and oxygen atoms in total. The van der Waals surface area contributed by atoms with E-state index in [1.165, 1.54) is 12.1 Å². The number of aryl methyl sites for hydroxylation is 1. The van der Waals surface area contributed by atoms with Crippen LogP contribution in [0.5, 0.6) is 0 Å². The summed E-state index contributed by atoms with van der Waals surface area (Å²) in [4.78, 5) is 16.3. The predicted octanol–water partition coefficient (Wildman–Crippen LogP) is 2.41. The van der Waals surface area contributed by atoms with Crippen LogP contribution < -0.4 is 10.6 Å². The summed E-state index contributed by atoms with van der Waals surface area (Å²) >= 11 is 0. The van der Waals surface area contributed by atoms with Crippen molar-refractivity contribution < 1.29 is 9.18 Å². The lowest BCUT2D eigenvalue weighted by atomic mass is 10.1. The number of nitrogens with zero attached hydrogens (tertiary/aromatic N) is 4. The van der Waals surface area contributed by atoms with E-state index in [0.29, 0.717) is 5.69 Å². The normalized spacial score (nSPS) is 16.1. The standard InChI is InChI=1S/C20H21FN6O/c21-15-1-3-16(4-2-15)23-13-19(28)24-17-5-6-18-25-26-20(27(18)12-9-17)14-7-10-22-11-8-14/h1-4,7-8,10-11,17,23H,5-6,9,12-13H2,(H,24,28). The van der Waals surface area contributed by atoms with Crippen LogP contribution in [0.3, 0.4) is 0 Å². The van der Waals surface area contributed by atoms with Crippen molar-refractivity contribution >= 4 is 11.6 Å². The van der Waals surface area contributed by atoms with Gasteiger partial charge >= 0.3 is 0 Å². The third-order valence-electron chi connectivity index (χ3n) is 4.85. The Bertz CT molecular complexity index is 941. The van der Waals surface area contributed by atoms with Crippen LogP contribution in [0.2, 0.25) is 0 Å². The van der Waals surface area contributed by atoms with Gasteiger partial charge in [-0.2, -0.15) is 0 Å². The van der Waals surface area contributed by atoms with Crippen LogP contribution in [-0.2, 0) is 17.8 Å². The summed E-state index contributed by atoms with van der Waals surface area (Å²) in [5.74, 6) is 1.39. The lowest BCUT2D eigenvalue weighted by Gasteiger charge is -2.17. The number of amides is 1. The number of rotatable bonds is 5. The molecule has 1 amide bonds. The number of aromatic nitrogens is 4. The zero-order chi connectivity index (χ0) is 19.3. The minimum Gasteiger partial charge on any atom is -0.376 e. The second kappa shape index (κ2) is 8.16. The van der Waals surface area contributed by atoms with Gasteiger partial charge in [0.05, 0.1) is 6.54 Å². The Hall–Kier alpha value is -3.29. The number of anilines is 1. The van der Waals surface area contributed by atoms with E-state index in [1.54, 1.807) is 24.5 Å². The summed E-state index contributed by atoms with van der Waals surface area (Å²) in [6.07, 6.45) is 5.87. The third kappa shape index (κ3) is 4.16. The molecular weight excluding hydrogens is 359 g/mol. The Morgan fingerprint density at radius 1 is 1.11 bits per heavy atom. The van der Waals surface area contributed by atoms with Gasteiger partial charge in [-0.25, -0.2) is 4.39 Å². The van der Waals surface area contributed by atoms with Crippen molar-refractivity contribution in [2.45, 2.75) is 31.8 Å². The van der Waals surface area contributed by atoms with Crippen molar-refractivity contribution in [1.29, 1.82) is 0 Å². The van der Waals surface area contributed by atoms with Gasteiger partial charge in [-0.3, -0.25) is 9.78 Å². The summed E-state index contributed by atoms with van der Waals surface area (Å²) in [5, 5.41) is 14.7. The zero-order valence-electron chi connectivity index (χ0n) is 15.3. The molecule has 3 heterocycles. The van der Waals surface area contributed by atoms with Crippen molar-refractivity contribution in [3.8, 4) is 11.4 Å². The minimum absolute atomic E-state index is 0.0782. The molecule has 4 rings (SSSR count). The Labute approximate surface area is 162 Å². The van der Waals surface area contributed by atoms with Gasteiger partial charge in [0.1, 0.15) is 11.6 Å². The number of halogens is 1. The Kier molecular flexibility index (Phi) is 5.27. The number of hydrogen-bond acceptors (Lipinski definition) is 5. The Morgan fingerprint density at radius 2 is 1.89 bits per heavy atom. The number of hydrogen-bond donors (Lipinski definition) is 2. The number of fused-ring (bicyclic) bond motifs is 1. The van der Waals surface area contributed by atoms with Gasteiger partial charge in [0.2, 0.25) is 5.91 Å². The highest BCUT2D eigenvalue weighted by Crippen LogP contribution is 2.22. The first-order valence-electron chi connectivity index (χ1n) is 9.30. The highest BCUT2D eigenvalue weighted by Gasteiger charge is 2.22. The van der Waals surface area contributed by atoms with E-state index in [4.69, 9.17) is 0 Å². The van der Waals surface area contributed by atoms with Crippen LogP contribution in [0, 0.1) is 5.82 Å². The fourth-order valence-electron chi connectivity index (χ4n) is 3.38. The van der Waals surface area contributed by atoms with Crippen LogP contribution in [0.15, 0.2) is 48.8 Å². The van der Waals surface area contributed by atoms with Gasteiger partial charge in [-0.1, -0.05) is 0 Å². The van der Waals surface area contributed by atoms with E-state index < -0.39 is 0 Å². The van der Waals surface area contributed by atoms with E-state index in [1.807, 2.05) is 12.1 Å². The van der Waals surface area contributed by atoms with Crippen molar-refractivity contribution in [3.63, 3.8) is 0 Å². The summed E-state index contributed by atoms with van der Waals surface area (Å²) in [7, 11) is 0. The molecule has 2 N–H and O–H groups in total. The molecule has 0 fully saturated rings. The SMILES string of the molecule is O=C(CNc1ccc(F)cc1)NC1CCc2nnc(-c3ccncc3)n2CC1. The molecule has 0 bridgehead atoms. The van der Waals surface area contributed by atoms with Crippen molar-refractivity contribution in [1.82, 2.24) is 25.1 Å². The molecule has 0 radical (unpaired) electrons. The number of pyridine rings is 1. The molecule has 0 saturated carbocycles. The first-order valence-corrected chi connectivity index (χ1v) is 9.30. The first kappa shape index (κ1) is 18.1. The molecule has 0 aliphatic carbocycles. The summed E-state index contributed by atoms with van der Waals surface area (Å²) in [5.41, 5.74) is 1.70. The highest BCUT2D eigenvalue weighted by molar-refractivity contribution is 5.80. The molecule has 8 heteroatoms. The summed E-state index contributed by atoms with van der Waals surface area (Å²) in [6.45, 7) is 0.896. The molecule has 1 aliphatic heterocycles. The quantitative estimate of drug-likeness (QED) is 0.710.